The Morgan fingerprint density at radius 1 is 1.24 bits per heavy atom. The van der Waals surface area contributed by atoms with Crippen molar-refractivity contribution in [2.24, 2.45) is 10.9 Å². The molecule has 0 aromatic heterocycles. The summed E-state index contributed by atoms with van der Waals surface area (Å²) in [6.07, 6.45) is 0. The Labute approximate surface area is 181 Å². The molecule has 158 valence electrons. The van der Waals surface area contributed by atoms with Crippen molar-refractivity contribution in [3.05, 3.63) is 46.1 Å². The van der Waals surface area contributed by atoms with E-state index in [2.05, 4.69) is 10.3 Å². The molecule has 29 heavy (non-hydrogen) atoms. The van der Waals surface area contributed by atoms with Gasteiger partial charge in [0.05, 0.1) is 24.5 Å². The molecule has 1 N–H and O–H groups in total. The van der Waals surface area contributed by atoms with E-state index in [1.807, 2.05) is 13.1 Å². The molecule has 1 aromatic rings. The number of aliphatic imine (C=N–C) groups is 1. The molecule has 1 aromatic carbocycles. The van der Waals surface area contributed by atoms with Crippen LogP contribution in [-0.4, -0.2) is 49.5 Å². The molecule has 1 aliphatic rings. The number of esters is 2. The van der Waals surface area contributed by atoms with Gasteiger partial charge in [0.15, 0.2) is 0 Å². The first-order valence-corrected chi connectivity index (χ1v) is 11.1. The van der Waals surface area contributed by atoms with Gasteiger partial charge in [0, 0.05) is 28.3 Å². The Morgan fingerprint density at radius 3 is 2.59 bits per heavy atom. The average Bonchev–Trinajstić information content (AvgIpc) is 2.67. The highest BCUT2D eigenvalue weighted by molar-refractivity contribution is 7.99. The summed E-state index contributed by atoms with van der Waals surface area (Å²) in [4.78, 5) is 30.5. The minimum atomic E-state index is -0.717. The zero-order valence-electron chi connectivity index (χ0n) is 17.2. The molecular formula is C21H27ClN2O4S. The van der Waals surface area contributed by atoms with E-state index in [1.165, 1.54) is 0 Å². The highest BCUT2D eigenvalue weighted by atomic mass is 35.5. The number of thioether (sulfide) groups is 1. The predicted molar refractivity (Wildman–Crippen MR) is 117 cm³/mol. The number of hydrogen-bond acceptors (Lipinski definition) is 7. The van der Waals surface area contributed by atoms with Crippen LogP contribution in [-0.2, 0) is 19.1 Å². The monoisotopic (exact) mass is 438 g/mol. The van der Waals surface area contributed by atoms with Crippen LogP contribution < -0.4 is 5.32 Å². The average molecular weight is 439 g/mol. The molecule has 2 atom stereocenters. The van der Waals surface area contributed by atoms with Gasteiger partial charge in [0.25, 0.3) is 0 Å². The van der Waals surface area contributed by atoms with Crippen molar-refractivity contribution in [1.29, 1.82) is 0 Å². The van der Waals surface area contributed by atoms with E-state index in [0.29, 0.717) is 33.6 Å². The first-order valence-electron chi connectivity index (χ1n) is 9.54. The normalized spacial score (nSPS) is 19.0. The van der Waals surface area contributed by atoms with Gasteiger partial charge in [-0.1, -0.05) is 23.7 Å². The Kier molecular flexibility index (Phi) is 9.20. The standard InChI is InChI=1S/C21H27ClN2O4S/c1-5-27-20(25)17-13(3)24-16(11-29-12-23-4)19(21(26)28-6-2)18(17)14-8-7-9-15(22)10-14/h7-10,17-18,23H,5-6,11-12H2,1-4H3. The second-order valence-electron chi connectivity index (χ2n) is 6.44. The number of carbonyl (C=O) groups excluding carboxylic acids is 2. The van der Waals surface area contributed by atoms with E-state index >= 15 is 0 Å². The van der Waals surface area contributed by atoms with Gasteiger partial charge in [-0.15, -0.1) is 11.8 Å². The van der Waals surface area contributed by atoms with E-state index in [-0.39, 0.29) is 13.2 Å². The number of halogens is 1. The molecule has 8 heteroatoms. The van der Waals surface area contributed by atoms with Crippen molar-refractivity contribution in [1.82, 2.24) is 5.32 Å². The van der Waals surface area contributed by atoms with Crippen molar-refractivity contribution in [2.75, 3.05) is 31.9 Å². The van der Waals surface area contributed by atoms with Crippen molar-refractivity contribution >= 4 is 41.0 Å². The quantitative estimate of drug-likeness (QED) is 0.359. The summed E-state index contributed by atoms with van der Waals surface area (Å²) in [7, 11) is 1.86. The molecule has 0 saturated heterocycles. The summed E-state index contributed by atoms with van der Waals surface area (Å²) < 4.78 is 10.7. The highest BCUT2D eigenvalue weighted by Gasteiger charge is 2.43. The van der Waals surface area contributed by atoms with Gasteiger partial charge in [0.2, 0.25) is 0 Å². The lowest BCUT2D eigenvalue weighted by Gasteiger charge is -2.32. The Bertz CT molecular complexity index is 810. The third-order valence-corrected chi connectivity index (χ3v) is 5.65. The fraction of sp³-hybridized carbons (Fsp3) is 0.476. The van der Waals surface area contributed by atoms with Crippen molar-refractivity contribution in [3.63, 3.8) is 0 Å². The maximum atomic E-state index is 13.0. The van der Waals surface area contributed by atoms with Crippen LogP contribution in [0.4, 0.5) is 0 Å². The molecule has 0 spiro atoms. The van der Waals surface area contributed by atoms with E-state index in [1.54, 1.807) is 50.7 Å². The lowest BCUT2D eigenvalue weighted by molar-refractivity contribution is -0.146. The minimum Gasteiger partial charge on any atom is -0.465 e. The highest BCUT2D eigenvalue weighted by Crippen LogP contribution is 2.41. The number of carbonyl (C=O) groups is 2. The molecule has 0 radical (unpaired) electrons. The maximum absolute atomic E-state index is 13.0. The number of ether oxygens (including phenoxy) is 2. The van der Waals surface area contributed by atoms with Gasteiger partial charge in [-0.2, -0.15) is 0 Å². The van der Waals surface area contributed by atoms with Gasteiger partial charge >= 0.3 is 11.9 Å². The molecule has 0 aliphatic carbocycles. The number of hydrogen-bond donors (Lipinski definition) is 1. The fourth-order valence-electron chi connectivity index (χ4n) is 3.34. The lowest BCUT2D eigenvalue weighted by Crippen LogP contribution is -2.37. The zero-order valence-corrected chi connectivity index (χ0v) is 18.7. The molecule has 2 unspecified atom stereocenters. The van der Waals surface area contributed by atoms with Gasteiger partial charge in [-0.25, -0.2) is 4.79 Å². The smallest absolute Gasteiger partial charge is 0.336 e. The van der Waals surface area contributed by atoms with E-state index < -0.39 is 23.8 Å². The SMILES string of the molecule is CCOC(=O)C1=C(CSCNC)N=C(C)C(C(=O)OCC)C1c1cccc(Cl)c1. The summed E-state index contributed by atoms with van der Waals surface area (Å²) in [5.74, 6) is -0.957. The predicted octanol–water partition coefficient (Wildman–Crippen LogP) is 3.80. The third-order valence-electron chi connectivity index (χ3n) is 4.45. The van der Waals surface area contributed by atoms with Crippen molar-refractivity contribution in [2.45, 2.75) is 26.7 Å². The zero-order chi connectivity index (χ0) is 21.4. The second kappa shape index (κ2) is 11.4. The fourth-order valence-corrected chi connectivity index (χ4v) is 4.26. The second-order valence-corrected chi connectivity index (χ2v) is 7.86. The van der Waals surface area contributed by atoms with Crippen LogP contribution in [0.2, 0.25) is 5.02 Å². The van der Waals surface area contributed by atoms with Crippen LogP contribution in [0.3, 0.4) is 0 Å². The molecule has 0 fully saturated rings. The Morgan fingerprint density at radius 2 is 1.97 bits per heavy atom. The Balaban J connectivity index is 2.64. The molecule has 0 saturated carbocycles. The first-order chi connectivity index (χ1) is 13.9. The molecule has 0 bridgehead atoms. The van der Waals surface area contributed by atoms with Crippen molar-refractivity contribution in [3.8, 4) is 0 Å². The van der Waals surface area contributed by atoms with Crippen LogP contribution >= 0.6 is 23.4 Å². The summed E-state index contributed by atoms with van der Waals surface area (Å²) in [6, 6.07) is 7.19. The van der Waals surface area contributed by atoms with Gasteiger partial charge in [-0.3, -0.25) is 9.79 Å². The maximum Gasteiger partial charge on any atom is 0.336 e. The summed E-state index contributed by atoms with van der Waals surface area (Å²) in [5, 5.41) is 3.59. The van der Waals surface area contributed by atoms with Crippen LogP contribution in [0.5, 0.6) is 0 Å². The molecule has 1 heterocycles. The van der Waals surface area contributed by atoms with Crippen LogP contribution in [0.25, 0.3) is 0 Å². The van der Waals surface area contributed by atoms with Gasteiger partial charge in [-0.05, 0) is 45.5 Å². The molecule has 2 rings (SSSR count). The van der Waals surface area contributed by atoms with Crippen molar-refractivity contribution < 1.29 is 19.1 Å². The van der Waals surface area contributed by atoms with Gasteiger partial charge in [0.1, 0.15) is 5.92 Å². The number of rotatable bonds is 9. The summed E-state index contributed by atoms with van der Waals surface area (Å²) >= 11 is 7.82. The summed E-state index contributed by atoms with van der Waals surface area (Å²) in [5.41, 5.74) is 2.37. The lowest BCUT2D eigenvalue weighted by atomic mass is 9.75. The van der Waals surface area contributed by atoms with E-state index in [9.17, 15) is 9.59 Å². The van der Waals surface area contributed by atoms with Gasteiger partial charge < -0.3 is 14.8 Å². The largest absolute Gasteiger partial charge is 0.465 e. The van der Waals surface area contributed by atoms with Crippen LogP contribution in [0.1, 0.15) is 32.3 Å². The Hall–Kier alpha value is -1.83. The molecule has 6 nitrogen and oxygen atoms in total. The number of benzene rings is 1. The third kappa shape index (κ3) is 5.84. The molecule has 1 aliphatic heterocycles. The van der Waals surface area contributed by atoms with Crippen LogP contribution in [0.15, 0.2) is 40.5 Å². The van der Waals surface area contributed by atoms with E-state index in [4.69, 9.17) is 21.1 Å². The molecular weight excluding hydrogens is 412 g/mol. The topological polar surface area (TPSA) is 77.0 Å². The van der Waals surface area contributed by atoms with E-state index in [0.717, 1.165) is 5.56 Å². The van der Waals surface area contributed by atoms with Crippen LogP contribution in [0, 0.1) is 5.92 Å². The molecule has 0 amide bonds. The minimum absolute atomic E-state index is 0.230. The number of nitrogens with zero attached hydrogens (tertiary/aromatic N) is 1. The summed E-state index contributed by atoms with van der Waals surface area (Å²) in [6.45, 7) is 5.78. The number of nitrogens with one attached hydrogen (secondary N) is 1. The first kappa shape index (κ1) is 23.4.